The molecular formula is C13H23N3O. The Hall–Kier alpha value is -0.970. The summed E-state index contributed by atoms with van der Waals surface area (Å²) < 4.78 is 0. The second kappa shape index (κ2) is 6.10. The first-order chi connectivity index (χ1) is 7.91. The van der Waals surface area contributed by atoms with Crippen molar-refractivity contribution in [3.63, 3.8) is 0 Å². The Balaban J connectivity index is 2.40. The first kappa shape index (κ1) is 14.1. The highest BCUT2D eigenvalue weighted by atomic mass is 16.3. The first-order valence-electron chi connectivity index (χ1n) is 5.89. The Bertz CT molecular complexity index is 350. The fourth-order valence-corrected chi connectivity index (χ4v) is 1.89. The number of hydrogen-bond acceptors (Lipinski definition) is 4. The Morgan fingerprint density at radius 3 is 2.76 bits per heavy atom. The van der Waals surface area contributed by atoms with Crippen molar-refractivity contribution in [1.82, 2.24) is 15.2 Å². The molecule has 96 valence electrons. The van der Waals surface area contributed by atoms with Gasteiger partial charge in [0.2, 0.25) is 0 Å². The predicted molar refractivity (Wildman–Crippen MR) is 69.9 cm³/mol. The fraction of sp³-hybridized carbons (Fsp3) is 0.615. The maximum atomic E-state index is 10.1. The third kappa shape index (κ3) is 5.26. The fourth-order valence-electron chi connectivity index (χ4n) is 1.89. The average Bonchev–Trinajstić information content (AvgIpc) is 2.18. The van der Waals surface area contributed by atoms with E-state index < -0.39 is 5.60 Å². The van der Waals surface area contributed by atoms with Gasteiger partial charge in [-0.2, -0.15) is 0 Å². The first-order valence-corrected chi connectivity index (χ1v) is 5.89. The number of aryl methyl sites for hydroxylation is 1. The number of aliphatic hydroxyl groups is 1. The molecule has 0 aliphatic carbocycles. The molecule has 4 heteroatoms. The summed E-state index contributed by atoms with van der Waals surface area (Å²) in [5, 5.41) is 13.4. The molecular weight excluding hydrogens is 214 g/mol. The maximum absolute atomic E-state index is 10.1. The molecule has 0 aromatic carbocycles. The molecule has 0 aliphatic heterocycles. The summed E-state index contributed by atoms with van der Waals surface area (Å²) in [4.78, 5) is 6.28. The largest absolute Gasteiger partial charge is 0.388 e. The van der Waals surface area contributed by atoms with Gasteiger partial charge in [0, 0.05) is 25.8 Å². The van der Waals surface area contributed by atoms with Gasteiger partial charge in [0.05, 0.1) is 11.3 Å². The van der Waals surface area contributed by atoms with E-state index in [0.717, 1.165) is 5.69 Å². The van der Waals surface area contributed by atoms with Crippen molar-refractivity contribution in [2.24, 2.45) is 0 Å². The second-order valence-corrected chi connectivity index (χ2v) is 5.11. The lowest BCUT2D eigenvalue weighted by molar-refractivity contribution is 0.0335. The number of pyridine rings is 1. The van der Waals surface area contributed by atoms with Crippen molar-refractivity contribution in [2.45, 2.75) is 26.0 Å². The molecule has 0 bridgehead atoms. The smallest absolute Gasteiger partial charge is 0.0869 e. The highest BCUT2D eigenvalue weighted by molar-refractivity contribution is 5.17. The normalized spacial score (nSPS) is 14.9. The van der Waals surface area contributed by atoms with Gasteiger partial charge in [0.1, 0.15) is 0 Å². The summed E-state index contributed by atoms with van der Waals surface area (Å²) in [5.74, 6) is 0. The van der Waals surface area contributed by atoms with E-state index in [1.54, 1.807) is 6.20 Å². The van der Waals surface area contributed by atoms with Crippen molar-refractivity contribution in [3.05, 3.63) is 29.6 Å². The lowest BCUT2D eigenvalue weighted by Crippen LogP contribution is -2.45. The van der Waals surface area contributed by atoms with Gasteiger partial charge >= 0.3 is 0 Å². The van der Waals surface area contributed by atoms with Crippen LogP contribution >= 0.6 is 0 Å². The number of nitrogens with one attached hydrogen (secondary N) is 1. The Morgan fingerprint density at radius 2 is 2.18 bits per heavy atom. The SMILES string of the molecule is Cc1cccnc1CNCC(C)(O)CN(C)C. The monoisotopic (exact) mass is 237 g/mol. The van der Waals surface area contributed by atoms with Gasteiger partial charge in [-0.1, -0.05) is 6.07 Å². The lowest BCUT2D eigenvalue weighted by atomic mass is 10.1. The van der Waals surface area contributed by atoms with Crippen LogP contribution in [0.3, 0.4) is 0 Å². The highest BCUT2D eigenvalue weighted by Gasteiger charge is 2.20. The molecule has 0 spiro atoms. The van der Waals surface area contributed by atoms with Gasteiger partial charge in [0.15, 0.2) is 0 Å². The standard InChI is InChI=1S/C13H23N3O/c1-11-6-5-7-15-12(11)8-14-9-13(2,17)10-16(3)4/h5-7,14,17H,8-10H2,1-4H3. The quantitative estimate of drug-likeness (QED) is 0.768. The number of likely N-dealkylation sites (N-methyl/N-ethyl adjacent to an activating group) is 1. The molecule has 1 atom stereocenters. The molecule has 0 amide bonds. The van der Waals surface area contributed by atoms with Crippen LogP contribution in [0, 0.1) is 6.92 Å². The summed E-state index contributed by atoms with van der Waals surface area (Å²) in [6, 6.07) is 3.98. The van der Waals surface area contributed by atoms with E-state index >= 15 is 0 Å². The van der Waals surface area contributed by atoms with Crippen molar-refractivity contribution >= 4 is 0 Å². The zero-order chi connectivity index (χ0) is 12.9. The minimum atomic E-state index is -0.716. The van der Waals surface area contributed by atoms with Crippen LogP contribution in [0.1, 0.15) is 18.2 Å². The van der Waals surface area contributed by atoms with Crippen molar-refractivity contribution < 1.29 is 5.11 Å². The van der Waals surface area contributed by atoms with Crippen LogP contribution in [0.25, 0.3) is 0 Å². The van der Waals surface area contributed by atoms with E-state index in [4.69, 9.17) is 0 Å². The topological polar surface area (TPSA) is 48.4 Å². The summed E-state index contributed by atoms with van der Waals surface area (Å²) in [5.41, 5.74) is 1.49. The van der Waals surface area contributed by atoms with Crippen molar-refractivity contribution in [2.75, 3.05) is 27.2 Å². The van der Waals surface area contributed by atoms with E-state index in [9.17, 15) is 5.11 Å². The molecule has 1 aromatic heterocycles. The van der Waals surface area contributed by atoms with Crippen LogP contribution < -0.4 is 5.32 Å². The van der Waals surface area contributed by atoms with Gasteiger partial charge in [-0.3, -0.25) is 4.98 Å². The Morgan fingerprint density at radius 1 is 1.47 bits per heavy atom. The van der Waals surface area contributed by atoms with Gasteiger partial charge in [-0.25, -0.2) is 0 Å². The number of nitrogens with zero attached hydrogens (tertiary/aromatic N) is 2. The van der Waals surface area contributed by atoms with Gasteiger partial charge < -0.3 is 15.3 Å². The molecule has 1 rings (SSSR count). The third-order valence-corrected chi connectivity index (χ3v) is 2.57. The zero-order valence-corrected chi connectivity index (χ0v) is 11.2. The van der Waals surface area contributed by atoms with E-state index in [2.05, 4.69) is 10.3 Å². The van der Waals surface area contributed by atoms with Gasteiger partial charge in [0.25, 0.3) is 0 Å². The van der Waals surface area contributed by atoms with E-state index in [1.807, 2.05) is 45.0 Å². The van der Waals surface area contributed by atoms with E-state index in [0.29, 0.717) is 19.6 Å². The third-order valence-electron chi connectivity index (χ3n) is 2.57. The Labute approximate surface area is 104 Å². The van der Waals surface area contributed by atoms with Crippen LogP contribution in [0.2, 0.25) is 0 Å². The molecule has 1 heterocycles. The van der Waals surface area contributed by atoms with Crippen LogP contribution in [-0.2, 0) is 6.54 Å². The van der Waals surface area contributed by atoms with Crippen LogP contribution in [-0.4, -0.2) is 47.8 Å². The van der Waals surface area contributed by atoms with Gasteiger partial charge in [-0.15, -0.1) is 0 Å². The number of hydrogen-bond donors (Lipinski definition) is 2. The molecule has 4 nitrogen and oxygen atoms in total. The van der Waals surface area contributed by atoms with E-state index in [1.165, 1.54) is 5.56 Å². The van der Waals surface area contributed by atoms with E-state index in [-0.39, 0.29) is 0 Å². The minimum Gasteiger partial charge on any atom is -0.388 e. The van der Waals surface area contributed by atoms with Crippen LogP contribution in [0.15, 0.2) is 18.3 Å². The molecule has 2 N–H and O–H groups in total. The van der Waals surface area contributed by atoms with Crippen molar-refractivity contribution in [1.29, 1.82) is 0 Å². The summed E-state index contributed by atoms with van der Waals surface area (Å²) in [6.45, 7) is 5.77. The van der Waals surface area contributed by atoms with Crippen molar-refractivity contribution in [3.8, 4) is 0 Å². The molecule has 0 saturated carbocycles. The lowest BCUT2D eigenvalue weighted by Gasteiger charge is -2.27. The molecule has 1 unspecified atom stereocenters. The molecule has 17 heavy (non-hydrogen) atoms. The average molecular weight is 237 g/mol. The second-order valence-electron chi connectivity index (χ2n) is 5.11. The highest BCUT2D eigenvalue weighted by Crippen LogP contribution is 2.05. The zero-order valence-electron chi connectivity index (χ0n) is 11.2. The van der Waals surface area contributed by atoms with Crippen LogP contribution in [0.4, 0.5) is 0 Å². The summed E-state index contributed by atoms with van der Waals surface area (Å²) >= 11 is 0. The van der Waals surface area contributed by atoms with Gasteiger partial charge in [-0.05, 0) is 39.6 Å². The minimum absolute atomic E-state index is 0.557. The summed E-state index contributed by atoms with van der Waals surface area (Å²) in [6.07, 6.45) is 1.79. The molecule has 0 aliphatic rings. The predicted octanol–water partition coefficient (Wildman–Crippen LogP) is 0.792. The molecule has 0 fully saturated rings. The summed E-state index contributed by atoms with van der Waals surface area (Å²) in [7, 11) is 3.91. The Kier molecular flexibility index (Phi) is 5.05. The maximum Gasteiger partial charge on any atom is 0.0869 e. The number of rotatable bonds is 6. The molecule has 1 aromatic rings. The molecule has 0 radical (unpaired) electrons. The number of aromatic nitrogens is 1. The molecule has 0 saturated heterocycles. The van der Waals surface area contributed by atoms with Crippen LogP contribution in [0.5, 0.6) is 0 Å².